The van der Waals surface area contributed by atoms with Gasteiger partial charge in [-0.05, 0) is 6.92 Å². The van der Waals surface area contributed by atoms with Gasteiger partial charge in [-0.1, -0.05) is 20.8 Å². The van der Waals surface area contributed by atoms with Crippen molar-refractivity contribution in [2.24, 2.45) is 5.41 Å². The second-order valence-corrected chi connectivity index (χ2v) is 4.10. The monoisotopic (exact) mass is 142 g/mol. The number of hydrogen-bond donors (Lipinski definition) is 0. The first-order valence-corrected chi connectivity index (χ1v) is 3.55. The lowest BCUT2D eigenvalue weighted by atomic mass is 9.84. The molecule has 0 N–H and O–H groups in total. The van der Waals surface area contributed by atoms with Crippen LogP contribution in [0, 0.1) is 5.41 Å². The molecule has 0 aromatic heterocycles. The number of rotatable bonds is 1. The molecule has 1 heterocycles. The van der Waals surface area contributed by atoms with Gasteiger partial charge < -0.3 is 4.74 Å². The number of ketones is 1. The van der Waals surface area contributed by atoms with E-state index in [4.69, 9.17) is 4.74 Å². The van der Waals surface area contributed by atoms with Gasteiger partial charge in [0.2, 0.25) is 0 Å². The van der Waals surface area contributed by atoms with Crippen molar-refractivity contribution in [2.45, 2.75) is 33.3 Å². The van der Waals surface area contributed by atoms with Crippen LogP contribution in [-0.2, 0) is 9.53 Å². The average Bonchev–Trinajstić information content (AvgIpc) is 2.45. The second-order valence-electron chi connectivity index (χ2n) is 4.10. The normalized spacial score (nSPS) is 32.0. The molecule has 10 heavy (non-hydrogen) atoms. The van der Waals surface area contributed by atoms with E-state index in [1.54, 1.807) is 0 Å². The molecule has 0 saturated carbocycles. The molecule has 1 aliphatic heterocycles. The maximum absolute atomic E-state index is 11.4. The van der Waals surface area contributed by atoms with Crippen molar-refractivity contribution in [3.8, 4) is 0 Å². The van der Waals surface area contributed by atoms with Gasteiger partial charge in [-0.3, -0.25) is 4.79 Å². The third-order valence-corrected chi connectivity index (χ3v) is 1.74. The molecule has 0 aliphatic carbocycles. The van der Waals surface area contributed by atoms with Crippen LogP contribution in [0.1, 0.15) is 27.7 Å². The van der Waals surface area contributed by atoms with Gasteiger partial charge in [0.25, 0.3) is 0 Å². The molecule has 0 aromatic carbocycles. The Morgan fingerprint density at radius 2 is 1.90 bits per heavy atom. The minimum absolute atomic E-state index is 0.208. The predicted octanol–water partition coefficient (Wildman–Crippen LogP) is 1.39. The highest BCUT2D eigenvalue weighted by atomic mass is 16.6. The highest BCUT2D eigenvalue weighted by molar-refractivity contribution is 5.93. The van der Waals surface area contributed by atoms with Crippen LogP contribution >= 0.6 is 0 Å². The summed E-state index contributed by atoms with van der Waals surface area (Å²) in [4.78, 5) is 11.4. The van der Waals surface area contributed by atoms with E-state index in [0.717, 1.165) is 0 Å². The van der Waals surface area contributed by atoms with E-state index >= 15 is 0 Å². The average molecular weight is 142 g/mol. The molecule has 2 heteroatoms. The number of epoxide rings is 1. The highest BCUT2D eigenvalue weighted by Crippen LogP contribution is 2.34. The lowest BCUT2D eigenvalue weighted by molar-refractivity contribution is -0.131. The van der Waals surface area contributed by atoms with Gasteiger partial charge in [0, 0.05) is 5.41 Å². The molecule has 0 radical (unpaired) electrons. The molecule has 0 aromatic rings. The van der Waals surface area contributed by atoms with Crippen LogP contribution in [0.15, 0.2) is 0 Å². The maximum atomic E-state index is 11.4. The Bertz CT molecular complexity index is 153. The van der Waals surface area contributed by atoms with Crippen molar-refractivity contribution in [1.29, 1.82) is 0 Å². The topological polar surface area (TPSA) is 29.6 Å². The zero-order valence-corrected chi connectivity index (χ0v) is 7.02. The Balaban J connectivity index is 2.67. The molecular weight excluding hydrogens is 128 g/mol. The number of Topliss-reactive ketones (excluding diaryl/α,β-unsaturated/α-hetero) is 1. The summed E-state index contributed by atoms with van der Waals surface area (Å²) in [6.07, 6.45) is 0. The van der Waals surface area contributed by atoms with Crippen LogP contribution in [0.3, 0.4) is 0 Å². The van der Waals surface area contributed by atoms with Crippen molar-refractivity contribution in [2.75, 3.05) is 6.61 Å². The Hall–Kier alpha value is -0.370. The maximum Gasteiger partial charge on any atom is 0.172 e. The summed E-state index contributed by atoms with van der Waals surface area (Å²) in [5.41, 5.74) is -0.705. The van der Waals surface area contributed by atoms with Gasteiger partial charge in [-0.25, -0.2) is 0 Å². The molecule has 58 valence electrons. The van der Waals surface area contributed by atoms with E-state index in [9.17, 15) is 4.79 Å². The lowest BCUT2D eigenvalue weighted by Gasteiger charge is -2.18. The van der Waals surface area contributed by atoms with Gasteiger partial charge >= 0.3 is 0 Å². The molecule has 2 nitrogen and oxygen atoms in total. The van der Waals surface area contributed by atoms with E-state index in [-0.39, 0.29) is 11.2 Å². The first kappa shape index (κ1) is 7.73. The smallest absolute Gasteiger partial charge is 0.172 e. The quantitative estimate of drug-likeness (QED) is 0.518. The van der Waals surface area contributed by atoms with Crippen molar-refractivity contribution in [1.82, 2.24) is 0 Å². The molecular formula is C8H14O2. The molecule has 0 spiro atoms. The highest BCUT2D eigenvalue weighted by Gasteiger charge is 2.50. The van der Waals surface area contributed by atoms with Gasteiger partial charge in [-0.15, -0.1) is 0 Å². The Labute approximate surface area is 61.6 Å². The first-order chi connectivity index (χ1) is 4.36. The summed E-state index contributed by atoms with van der Waals surface area (Å²) < 4.78 is 5.03. The SMILES string of the molecule is CC(C)(C)C(=O)C1(C)CO1. The standard InChI is InChI=1S/C8H14O2/c1-7(2,3)6(9)8(4)5-10-8/h5H2,1-4H3. The zero-order chi connectivity index (χ0) is 7.99. The van der Waals surface area contributed by atoms with Crippen LogP contribution in [0.5, 0.6) is 0 Å². The lowest BCUT2D eigenvalue weighted by Crippen LogP contribution is -2.32. The largest absolute Gasteiger partial charge is 0.362 e. The molecule has 1 rings (SSSR count). The minimum atomic E-state index is -0.446. The Kier molecular flexibility index (Phi) is 1.40. The van der Waals surface area contributed by atoms with E-state index in [0.29, 0.717) is 6.61 Å². The third-order valence-electron chi connectivity index (χ3n) is 1.74. The van der Waals surface area contributed by atoms with Crippen LogP contribution in [0.2, 0.25) is 0 Å². The van der Waals surface area contributed by atoms with Crippen LogP contribution < -0.4 is 0 Å². The Morgan fingerprint density at radius 1 is 1.50 bits per heavy atom. The molecule has 0 amide bonds. The van der Waals surface area contributed by atoms with Crippen molar-refractivity contribution >= 4 is 5.78 Å². The van der Waals surface area contributed by atoms with Crippen molar-refractivity contribution in [3.63, 3.8) is 0 Å². The fraction of sp³-hybridized carbons (Fsp3) is 0.875. The summed E-state index contributed by atoms with van der Waals surface area (Å²) in [7, 11) is 0. The summed E-state index contributed by atoms with van der Waals surface area (Å²) in [5.74, 6) is 0.208. The molecule has 1 aliphatic rings. The van der Waals surface area contributed by atoms with Crippen LogP contribution in [-0.4, -0.2) is 18.0 Å². The summed E-state index contributed by atoms with van der Waals surface area (Å²) in [6.45, 7) is 8.20. The second kappa shape index (κ2) is 1.82. The van der Waals surface area contributed by atoms with Gasteiger partial charge in [0.15, 0.2) is 5.78 Å². The fourth-order valence-corrected chi connectivity index (χ4v) is 1.03. The molecule has 1 unspecified atom stereocenters. The number of carbonyl (C=O) groups excluding carboxylic acids is 1. The fourth-order valence-electron chi connectivity index (χ4n) is 1.03. The number of hydrogen-bond acceptors (Lipinski definition) is 2. The van der Waals surface area contributed by atoms with E-state index in [1.807, 2.05) is 27.7 Å². The summed E-state index contributed by atoms with van der Waals surface area (Å²) >= 11 is 0. The van der Waals surface area contributed by atoms with E-state index < -0.39 is 5.60 Å². The summed E-state index contributed by atoms with van der Waals surface area (Å²) in [6, 6.07) is 0. The minimum Gasteiger partial charge on any atom is -0.362 e. The van der Waals surface area contributed by atoms with Crippen LogP contribution in [0.4, 0.5) is 0 Å². The number of ether oxygens (including phenoxy) is 1. The zero-order valence-electron chi connectivity index (χ0n) is 7.02. The van der Waals surface area contributed by atoms with Crippen molar-refractivity contribution in [3.05, 3.63) is 0 Å². The Morgan fingerprint density at radius 3 is 2.00 bits per heavy atom. The van der Waals surface area contributed by atoms with Crippen molar-refractivity contribution < 1.29 is 9.53 Å². The van der Waals surface area contributed by atoms with E-state index in [2.05, 4.69) is 0 Å². The van der Waals surface area contributed by atoms with Gasteiger partial charge in [-0.2, -0.15) is 0 Å². The van der Waals surface area contributed by atoms with Gasteiger partial charge in [0.1, 0.15) is 5.60 Å². The molecule has 1 saturated heterocycles. The molecule has 1 atom stereocenters. The molecule has 1 fully saturated rings. The third kappa shape index (κ3) is 1.21. The van der Waals surface area contributed by atoms with Gasteiger partial charge in [0.05, 0.1) is 6.61 Å². The molecule has 0 bridgehead atoms. The number of carbonyl (C=O) groups is 1. The summed E-state index contributed by atoms with van der Waals surface area (Å²) in [5, 5.41) is 0. The van der Waals surface area contributed by atoms with E-state index in [1.165, 1.54) is 0 Å². The predicted molar refractivity (Wildman–Crippen MR) is 38.8 cm³/mol. The first-order valence-electron chi connectivity index (χ1n) is 3.55. The van der Waals surface area contributed by atoms with Crippen LogP contribution in [0.25, 0.3) is 0 Å².